The average molecular weight is 369 g/mol. The van der Waals surface area contributed by atoms with Crippen molar-refractivity contribution in [2.24, 2.45) is 0 Å². The molecule has 0 aliphatic carbocycles. The van der Waals surface area contributed by atoms with E-state index in [1.165, 1.54) is 35.5 Å². The summed E-state index contributed by atoms with van der Waals surface area (Å²) in [4.78, 5) is 23.4. The molecule has 3 rings (SSSR count). The summed E-state index contributed by atoms with van der Waals surface area (Å²) in [6, 6.07) is 13.1. The minimum Gasteiger partial charge on any atom is -0.508 e. The van der Waals surface area contributed by atoms with E-state index in [4.69, 9.17) is 0 Å². The maximum absolute atomic E-state index is 12.1. The Bertz CT molecular complexity index is 922. The zero-order valence-electron chi connectivity index (χ0n) is 13.8. The number of rotatable bonds is 6. The highest BCUT2D eigenvalue weighted by Crippen LogP contribution is 2.20. The highest BCUT2D eigenvalue weighted by Gasteiger charge is 2.12. The number of hydrogen-bond donors (Lipinski definition) is 2. The van der Waals surface area contributed by atoms with Crippen LogP contribution in [0.5, 0.6) is 5.75 Å². The average Bonchev–Trinajstić information content (AvgIpc) is 3.09. The van der Waals surface area contributed by atoms with Crippen molar-refractivity contribution in [3.05, 3.63) is 54.1 Å². The molecular formula is C17H15N5O3S. The van der Waals surface area contributed by atoms with Crippen LogP contribution in [0.15, 0.2) is 53.7 Å². The van der Waals surface area contributed by atoms with Gasteiger partial charge in [0.05, 0.1) is 11.4 Å². The van der Waals surface area contributed by atoms with E-state index in [9.17, 15) is 14.7 Å². The first-order chi connectivity index (χ1) is 12.5. The van der Waals surface area contributed by atoms with Crippen LogP contribution >= 0.6 is 11.8 Å². The van der Waals surface area contributed by atoms with E-state index >= 15 is 0 Å². The third-order valence-electron chi connectivity index (χ3n) is 3.44. The SMILES string of the molecule is CC(=O)c1ccc(NC(=O)CSc2nnnn2-c2ccc(O)cc2)cc1. The van der Waals surface area contributed by atoms with Crippen LogP contribution in [0.3, 0.4) is 0 Å². The number of ketones is 1. The lowest BCUT2D eigenvalue weighted by molar-refractivity contribution is -0.113. The van der Waals surface area contributed by atoms with E-state index in [-0.39, 0.29) is 23.2 Å². The third-order valence-corrected chi connectivity index (χ3v) is 4.36. The first kappa shape index (κ1) is 17.6. The predicted octanol–water partition coefficient (Wildman–Crippen LogP) is 2.30. The van der Waals surface area contributed by atoms with E-state index in [2.05, 4.69) is 20.8 Å². The first-order valence-electron chi connectivity index (χ1n) is 7.64. The topological polar surface area (TPSA) is 110 Å². The third kappa shape index (κ3) is 4.25. The molecule has 0 unspecified atom stereocenters. The van der Waals surface area contributed by atoms with Crippen molar-refractivity contribution >= 4 is 29.1 Å². The van der Waals surface area contributed by atoms with Gasteiger partial charge in [-0.1, -0.05) is 11.8 Å². The van der Waals surface area contributed by atoms with Gasteiger partial charge in [-0.15, -0.1) is 5.10 Å². The number of amides is 1. The summed E-state index contributed by atoms with van der Waals surface area (Å²) in [5.74, 6) is 0.0175. The number of carbonyl (C=O) groups excluding carboxylic acids is 2. The maximum Gasteiger partial charge on any atom is 0.234 e. The molecule has 3 aromatic rings. The van der Waals surface area contributed by atoms with Gasteiger partial charge in [0.2, 0.25) is 11.1 Å². The van der Waals surface area contributed by atoms with Crippen molar-refractivity contribution in [2.75, 3.05) is 11.1 Å². The van der Waals surface area contributed by atoms with Crippen LogP contribution in [0, 0.1) is 0 Å². The van der Waals surface area contributed by atoms with Crippen LogP contribution in [-0.4, -0.2) is 42.8 Å². The van der Waals surface area contributed by atoms with Crippen molar-refractivity contribution in [3.8, 4) is 11.4 Å². The molecule has 0 aliphatic heterocycles. The molecule has 2 aromatic carbocycles. The molecule has 1 aromatic heterocycles. The lowest BCUT2D eigenvalue weighted by Gasteiger charge is -2.06. The molecule has 1 heterocycles. The Kier molecular flexibility index (Phi) is 5.28. The molecule has 26 heavy (non-hydrogen) atoms. The van der Waals surface area contributed by atoms with E-state index < -0.39 is 0 Å². The lowest BCUT2D eigenvalue weighted by atomic mass is 10.1. The van der Waals surface area contributed by atoms with Gasteiger partial charge in [0.1, 0.15) is 5.75 Å². The Balaban J connectivity index is 1.61. The lowest BCUT2D eigenvalue weighted by Crippen LogP contribution is -2.14. The summed E-state index contributed by atoms with van der Waals surface area (Å²) >= 11 is 1.19. The van der Waals surface area contributed by atoms with E-state index in [0.29, 0.717) is 22.1 Å². The molecule has 132 valence electrons. The monoisotopic (exact) mass is 369 g/mol. The molecule has 8 nitrogen and oxygen atoms in total. The van der Waals surface area contributed by atoms with Crippen LogP contribution in [-0.2, 0) is 4.79 Å². The Hall–Kier alpha value is -3.20. The maximum atomic E-state index is 12.1. The zero-order valence-corrected chi connectivity index (χ0v) is 14.6. The van der Waals surface area contributed by atoms with Gasteiger partial charge in [-0.05, 0) is 65.9 Å². The molecule has 0 radical (unpaired) electrons. The smallest absolute Gasteiger partial charge is 0.234 e. The van der Waals surface area contributed by atoms with Gasteiger partial charge in [0, 0.05) is 11.3 Å². The van der Waals surface area contributed by atoms with Crippen LogP contribution in [0.4, 0.5) is 5.69 Å². The normalized spacial score (nSPS) is 10.5. The second-order valence-corrected chi connectivity index (χ2v) is 6.30. The largest absolute Gasteiger partial charge is 0.508 e. The molecule has 0 fully saturated rings. The quantitative estimate of drug-likeness (QED) is 0.507. The fraction of sp³-hybridized carbons (Fsp3) is 0.118. The molecular weight excluding hydrogens is 354 g/mol. The molecule has 0 bridgehead atoms. The Labute approximate surface area is 153 Å². The van der Waals surface area contributed by atoms with Gasteiger partial charge in [-0.25, -0.2) is 0 Å². The van der Waals surface area contributed by atoms with Crippen molar-refractivity contribution in [2.45, 2.75) is 12.1 Å². The molecule has 0 aliphatic rings. The van der Waals surface area contributed by atoms with E-state index in [1.807, 2.05) is 0 Å². The van der Waals surface area contributed by atoms with Gasteiger partial charge in [0.15, 0.2) is 5.78 Å². The number of tetrazole rings is 1. The van der Waals surface area contributed by atoms with Crippen molar-refractivity contribution < 1.29 is 14.7 Å². The van der Waals surface area contributed by atoms with Crippen LogP contribution < -0.4 is 5.32 Å². The highest BCUT2D eigenvalue weighted by molar-refractivity contribution is 7.99. The summed E-state index contributed by atoms with van der Waals surface area (Å²) in [7, 11) is 0. The molecule has 9 heteroatoms. The van der Waals surface area contributed by atoms with E-state index in [1.54, 1.807) is 36.4 Å². The number of carbonyl (C=O) groups is 2. The number of anilines is 1. The van der Waals surface area contributed by atoms with Crippen LogP contribution in [0.1, 0.15) is 17.3 Å². The number of aromatic nitrogens is 4. The number of phenolic OH excluding ortho intramolecular Hbond substituents is 1. The summed E-state index contributed by atoms with van der Waals surface area (Å²) in [6.07, 6.45) is 0. The second kappa shape index (κ2) is 7.79. The molecule has 2 N–H and O–H groups in total. The summed E-state index contributed by atoms with van der Waals surface area (Å²) in [5, 5.41) is 24.0. The molecule has 0 saturated heterocycles. The minimum absolute atomic E-state index is 0.0282. The molecule has 0 spiro atoms. The Morgan fingerprint density at radius 2 is 1.81 bits per heavy atom. The number of Topliss-reactive ketones (excluding diaryl/α,β-unsaturated/α-hetero) is 1. The number of hydrogen-bond acceptors (Lipinski definition) is 7. The highest BCUT2D eigenvalue weighted by atomic mass is 32.2. The minimum atomic E-state index is -0.217. The fourth-order valence-electron chi connectivity index (χ4n) is 2.14. The summed E-state index contributed by atoms with van der Waals surface area (Å²) in [5.41, 5.74) is 1.87. The second-order valence-electron chi connectivity index (χ2n) is 5.36. The van der Waals surface area contributed by atoms with Gasteiger partial charge >= 0.3 is 0 Å². The van der Waals surface area contributed by atoms with Crippen molar-refractivity contribution in [3.63, 3.8) is 0 Å². The van der Waals surface area contributed by atoms with Gasteiger partial charge in [-0.3, -0.25) is 9.59 Å². The van der Waals surface area contributed by atoms with Crippen LogP contribution in [0.2, 0.25) is 0 Å². The Morgan fingerprint density at radius 1 is 1.12 bits per heavy atom. The number of nitrogens with one attached hydrogen (secondary N) is 1. The van der Waals surface area contributed by atoms with E-state index in [0.717, 1.165) is 0 Å². The molecule has 1 amide bonds. The van der Waals surface area contributed by atoms with Gasteiger partial charge < -0.3 is 10.4 Å². The number of thioether (sulfide) groups is 1. The number of benzene rings is 2. The predicted molar refractivity (Wildman–Crippen MR) is 96.6 cm³/mol. The van der Waals surface area contributed by atoms with Crippen molar-refractivity contribution in [1.82, 2.24) is 20.2 Å². The summed E-state index contributed by atoms with van der Waals surface area (Å²) < 4.78 is 1.49. The molecule has 0 saturated carbocycles. The van der Waals surface area contributed by atoms with Crippen LogP contribution in [0.25, 0.3) is 5.69 Å². The van der Waals surface area contributed by atoms with Gasteiger partial charge in [0.25, 0.3) is 0 Å². The van der Waals surface area contributed by atoms with Crippen molar-refractivity contribution in [1.29, 1.82) is 0 Å². The standard InChI is InChI=1S/C17H15N5O3S/c1-11(23)12-2-4-13(5-3-12)18-16(25)10-26-17-19-20-21-22(17)14-6-8-15(24)9-7-14/h2-9,24H,10H2,1H3,(H,18,25). The Morgan fingerprint density at radius 3 is 2.46 bits per heavy atom. The first-order valence-corrected chi connectivity index (χ1v) is 8.63. The fourth-order valence-corrected chi connectivity index (χ4v) is 2.83. The number of phenols is 1. The zero-order chi connectivity index (χ0) is 18.5. The summed E-state index contributed by atoms with van der Waals surface area (Å²) in [6.45, 7) is 1.49. The van der Waals surface area contributed by atoms with Gasteiger partial charge in [-0.2, -0.15) is 4.68 Å². The number of nitrogens with zero attached hydrogens (tertiary/aromatic N) is 4. The molecule has 0 atom stereocenters. The number of aromatic hydroxyl groups is 1.